The van der Waals surface area contributed by atoms with Crippen molar-refractivity contribution in [3.05, 3.63) is 78.6 Å². The predicted octanol–water partition coefficient (Wildman–Crippen LogP) is 3.85. The predicted molar refractivity (Wildman–Crippen MR) is 99.7 cm³/mol. The van der Waals surface area contributed by atoms with Crippen LogP contribution in [-0.4, -0.2) is 19.9 Å². The third-order valence-corrected chi connectivity index (χ3v) is 3.78. The quantitative estimate of drug-likeness (QED) is 0.504. The number of hydrogen-bond acceptors (Lipinski definition) is 7. The first kappa shape index (κ1) is 16.8. The van der Waals surface area contributed by atoms with Crippen LogP contribution in [0.3, 0.4) is 0 Å². The first-order valence-corrected chi connectivity index (χ1v) is 8.19. The number of benzene rings is 2. The molecule has 0 bridgehead atoms. The van der Waals surface area contributed by atoms with Gasteiger partial charge in [-0.3, -0.25) is 4.84 Å². The summed E-state index contributed by atoms with van der Waals surface area (Å²) in [5.41, 5.74) is 5.55. The minimum atomic E-state index is -0.308. The summed E-state index contributed by atoms with van der Waals surface area (Å²) >= 11 is 0. The van der Waals surface area contributed by atoms with Crippen LogP contribution < -0.4 is 10.8 Å². The first-order valence-electron chi connectivity index (χ1n) is 8.19. The van der Waals surface area contributed by atoms with Gasteiger partial charge in [-0.1, -0.05) is 30.3 Å². The molecule has 0 fully saturated rings. The van der Waals surface area contributed by atoms with Crippen LogP contribution in [0.1, 0.15) is 5.56 Å². The van der Waals surface area contributed by atoms with Crippen molar-refractivity contribution in [2.75, 3.05) is 10.8 Å². The molecule has 0 aliphatic carbocycles. The Balaban J connectivity index is 1.55. The average Bonchev–Trinajstić information content (AvgIpc) is 2.71. The number of anilines is 3. The summed E-state index contributed by atoms with van der Waals surface area (Å²) in [6.45, 7) is 0.373. The number of aromatic nitrogens is 4. The summed E-state index contributed by atoms with van der Waals surface area (Å²) in [5.74, 6) is 0.609. The third-order valence-electron chi connectivity index (χ3n) is 3.78. The molecule has 134 valence electrons. The van der Waals surface area contributed by atoms with Crippen molar-refractivity contribution in [2.45, 2.75) is 6.61 Å². The van der Waals surface area contributed by atoms with E-state index in [1.807, 2.05) is 30.3 Å². The number of hydrogen-bond donors (Lipinski definition) is 2. The fourth-order valence-corrected chi connectivity index (χ4v) is 2.48. The number of halogens is 1. The molecule has 0 saturated carbocycles. The van der Waals surface area contributed by atoms with Gasteiger partial charge >= 0.3 is 0 Å². The van der Waals surface area contributed by atoms with E-state index < -0.39 is 0 Å². The highest BCUT2D eigenvalue weighted by molar-refractivity contribution is 5.92. The topological polar surface area (TPSA) is 84.9 Å². The second kappa shape index (κ2) is 7.71. The average molecular weight is 362 g/mol. The molecule has 8 heteroatoms. The van der Waals surface area contributed by atoms with Gasteiger partial charge in [0, 0.05) is 5.69 Å². The lowest BCUT2D eigenvalue weighted by atomic mass is 10.2. The Morgan fingerprint density at radius 3 is 2.19 bits per heavy atom. The molecule has 2 aromatic heterocycles. The van der Waals surface area contributed by atoms with Crippen LogP contribution >= 0.6 is 0 Å². The molecule has 2 heterocycles. The van der Waals surface area contributed by atoms with Gasteiger partial charge in [0.25, 0.3) is 0 Å². The van der Waals surface area contributed by atoms with Crippen LogP contribution in [0, 0.1) is 5.82 Å². The van der Waals surface area contributed by atoms with Crippen LogP contribution in [0.25, 0.3) is 11.0 Å². The van der Waals surface area contributed by atoms with Gasteiger partial charge in [-0.2, -0.15) is 0 Å². The minimum absolute atomic E-state index is 0.308. The summed E-state index contributed by atoms with van der Waals surface area (Å²) < 4.78 is 13.1. The van der Waals surface area contributed by atoms with Crippen molar-refractivity contribution in [2.24, 2.45) is 0 Å². The normalized spacial score (nSPS) is 10.7. The molecular formula is C19H15FN6O. The second-order valence-electron chi connectivity index (χ2n) is 5.65. The lowest BCUT2D eigenvalue weighted by Gasteiger charge is -2.10. The molecule has 27 heavy (non-hydrogen) atoms. The Morgan fingerprint density at radius 1 is 0.778 bits per heavy atom. The Hall–Kier alpha value is -3.65. The third kappa shape index (κ3) is 3.96. The van der Waals surface area contributed by atoms with E-state index in [2.05, 4.69) is 30.7 Å². The maximum atomic E-state index is 13.1. The summed E-state index contributed by atoms with van der Waals surface area (Å²) in [4.78, 5) is 22.4. The zero-order valence-corrected chi connectivity index (χ0v) is 14.1. The van der Waals surface area contributed by atoms with E-state index in [1.165, 1.54) is 24.8 Å². The highest BCUT2D eigenvalue weighted by atomic mass is 19.1. The number of fused-ring (bicyclic) bond motifs is 1. The Bertz CT molecular complexity index is 1040. The van der Waals surface area contributed by atoms with Gasteiger partial charge in [0.15, 0.2) is 11.6 Å². The highest BCUT2D eigenvalue weighted by Gasteiger charge is 2.11. The molecule has 0 aliphatic heterocycles. The maximum absolute atomic E-state index is 13.1. The van der Waals surface area contributed by atoms with E-state index in [1.54, 1.807) is 12.1 Å². The van der Waals surface area contributed by atoms with Gasteiger partial charge in [-0.05, 0) is 29.8 Å². The van der Waals surface area contributed by atoms with E-state index in [4.69, 9.17) is 4.84 Å². The minimum Gasteiger partial charge on any atom is -0.338 e. The molecule has 2 aromatic carbocycles. The summed E-state index contributed by atoms with van der Waals surface area (Å²) in [6.07, 6.45) is 2.80. The zero-order chi connectivity index (χ0) is 18.5. The van der Waals surface area contributed by atoms with E-state index >= 15 is 0 Å². The SMILES string of the molecule is Fc1ccc(Nc2ncnc3c(NOCc4ccccc4)ncnc23)cc1. The maximum Gasteiger partial charge on any atom is 0.179 e. The zero-order valence-electron chi connectivity index (χ0n) is 14.1. The van der Waals surface area contributed by atoms with E-state index in [0.717, 1.165) is 5.56 Å². The van der Waals surface area contributed by atoms with Crippen molar-refractivity contribution in [3.63, 3.8) is 0 Å². The fourth-order valence-electron chi connectivity index (χ4n) is 2.48. The van der Waals surface area contributed by atoms with Crippen molar-refractivity contribution in [1.82, 2.24) is 19.9 Å². The molecule has 4 aromatic rings. The van der Waals surface area contributed by atoms with Gasteiger partial charge < -0.3 is 5.32 Å². The summed E-state index contributed by atoms with van der Waals surface area (Å²) in [5, 5.41) is 3.11. The van der Waals surface area contributed by atoms with E-state index in [0.29, 0.717) is 35.0 Å². The molecule has 2 N–H and O–H groups in total. The molecule has 0 atom stereocenters. The Labute approximate surface area is 154 Å². The second-order valence-corrected chi connectivity index (χ2v) is 5.65. The van der Waals surface area contributed by atoms with E-state index in [-0.39, 0.29) is 5.82 Å². The van der Waals surface area contributed by atoms with Gasteiger partial charge in [0.1, 0.15) is 29.5 Å². The van der Waals surface area contributed by atoms with Crippen LogP contribution in [0.2, 0.25) is 0 Å². The largest absolute Gasteiger partial charge is 0.338 e. The molecule has 0 aliphatic rings. The van der Waals surface area contributed by atoms with Crippen molar-refractivity contribution in [1.29, 1.82) is 0 Å². The number of nitrogens with zero attached hydrogens (tertiary/aromatic N) is 4. The van der Waals surface area contributed by atoms with Crippen LogP contribution in [0.4, 0.5) is 21.7 Å². The molecule has 0 unspecified atom stereocenters. The molecule has 4 rings (SSSR count). The Kier molecular flexibility index (Phi) is 4.80. The van der Waals surface area contributed by atoms with Gasteiger partial charge in [0.05, 0.1) is 6.61 Å². The number of nitrogens with one attached hydrogen (secondary N) is 2. The standard InChI is InChI=1S/C19H15FN6O/c20-14-6-8-15(9-7-14)25-18-16-17(22-11-23-18)19(24-12-21-16)26-27-10-13-4-2-1-3-5-13/h1-9,11-12H,10H2,(H,21,24,26)(H,22,23,25). The van der Waals surface area contributed by atoms with Crippen LogP contribution in [0.15, 0.2) is 67.3 Å². The monoisotopic (exact) mass is 362 g/mol. The van der Waals surface area contributed by atoms with Gasteiger partial charge in [0.2, 0.25) is 0 Å². The molecule has 7 nitrogen and oxygen atoms in total. The number of rotatable bonds is 6. The smallest absolute Gasteiger partial charge is 0.179 e. The molecule has 0 radical (unpaired) electrons. The lowest BCUT2D eigenvalue weighted by Crippen LogP contribution is -2.06. The summed E-state index contributed by atoms with van der Waals surface area (Å²) in [7, 11) is 0. The highest BCUT2D eigenvalue weighted by Crippen LogP contribution is 2.24. The van der Waals surface area contributed by atoms with Crippen molar-refractivity contribution in [3.8, 4) is 0 Å². The molecular weight excluding hydrogens is 347 g/mol. The molecule has 0 amide bonds. The van der Waals surface area contributed by atoms with E-state index in [9.17, 15) is 4.39 Å². The summed E-state index contributed by atoms with van der Waals surface area (Å²) in [6, 6.07) is 15.7. The van der Waals surface area contributed by atoms with Crippen LogP contribution in [0.5, 0.6) is 0 Å². The fraction of sp³-hybridized carbons (Fsp3) is 0.0526. The lowest BCUT2D eigenvalue weighted by molar-refractivity contribution is 0.179. The molecule has 0 saturated heterocycles. The van der Waals surface area contributed by atoms with Gasteiger partial charge in [-0.15, -0.1) is 0 Å². The van der Waals surface area contributed by atoms with Crippen molar-refractivity contribution < 1.29 is 9.23 Å². The Morgan fingerprint density at radius 2 is 1.44 bits per heavy atom. The van der Waals surface area contributed by atoms with Gasteiger partial charge in [-0.25, -0.2) is 29.8 Å². The first-order chi connectivity index (χ1) is 13.3. The van der Waals surface area contributed by atoms with Crippen molar-refractivity contribution >= 4 is 28.4 Å². The van der Waals surface area contributed by atoms with Crippen LogP contribution in [-0.2, 0) is 11.4 Å². The molecule has 0 spiro atoms.